The molecule has 1 heterocycles. The normalized spacial score (nSPS) is 15.4. The van der Waals surface area contributed by atoms with Crippen LogP contribution in [0.25, 0.3) is 0 Å². The fourth-order valence-corrected chi connectivity index (χ4v) is 4.78. The van der Waals surface area contributed by atoms with Gasteiger partial charge in [-0.2, -0.15) is 0 Å². The molecule has 1 aliphatic rings. The van der Waals surface area contributed by atoms with Crippen LogP contribution in [0.15, 0.2) is 127 Å². The van der Waals surface area contributed by atoms with Crippen LogP contribution < -0.4 is 0 Å². The number of barbiturate groups is 1. The first-order valence-corrected chi connectivity index (χ1v) is 12.7. The molecular weight excluding hydrogens is 472 g/mol. The minimum absolute atomic E-state index is 0.150. The van der Waals surface area contributed by atoms with Gasteiger partial charge in [0, 0.05) is 24.9 Å². The number of allylic oxidation sites excluding steroid dienone is 4. The molecule has 1 saturated heterocycles. The summed E-state index contributed by atoms with van der Waals surface area (Å²) in [5, 5.41) is 0. The first-order chi connectivity index (χ1) is 18.5. The quantitative estimate of drug-likeness (QED) is 0.235. The molecule has 1 aliphatic heterocycles. The molecule has 4 amide bonds. The number of hydrogen-bond donors (Lipinski definition) is 0. The van der Waals surface area contributed by atoms with E-state index in [1.807, 2.05) is 116 Å². The van der Waals surface area contributed by atoms with Gasteiger partial charge in [0.15, 0.2) is 0 Å². The Morgan fingerprint density at radius 1 is 0.737 bits per heavy atom. The van der Waals surface area contributed by atoms with Crippen molar-refractivity contribution in [3.63, 3.8) is 0 Å². The van der Waals surface area contributed by atoms with Crippen LogP contribution in [-0.4, -0.2) is 40.7 Å². The number of amides is 4. The van der Waals surface area contributed by atoms with Gasteiger partial charge in [0.1, 0.15) is 6.42 Å². The molecule has 192 valence electrons. The zero-order valence-corrected chi connectivity index (χ0v) is 21.6. The van der Waals surface area contributed by atoms with Crippen molar-refractivity contribution in [2.75, 3.05) is 13.1 Å². The molecule has 0 N–H and O–H groups in total. The van der Waals surface area contributed by atoms with Gasteiger partial charge in [-0.1, -0.05) is 127 Å². The van der Waals surface area contributed by atoms with Gasteiger partial charge in [-0.25, -0.2) is 4.79 Å². The van der Waals surface area contributed by atoms with Crippen molar-refractivity contribution in [2.45, 2.75) is 25.2 Å². The summed E-state index contributed by atoms with van der Waals surface area (Å²) in [7, 11) is 0. The Morgan fingerprint density at radius 3 is 1.71 bits per heavy atom. The van der Waals surface area contributed by atoms with E-state index in [9.17, 15) is 14.4 Å². The highest BCUT2D eigenvalue weighted by Crippen LogP contribution is 2.30. The van der Waals surface area contributed by atoms with Crippen LogP contribution in [0.4, 0.5) is 4.79 Å². The molecule has 0 bridgehead atoms. The fourth-order valence-electron chi connectivity index (χ4n) is 4.78. The van der Waals surface area contributed by atoms with Gasteiger partial charge in [-0.15, -0.1) is 0 Å². The predicted molar refractivity (Wildman–Crippen MR) is 150 cm³/mol. The summed E-state index contributed by atoms with van der Waals surface area (Å²) >= 11 is 0. The van der Waals surface area contributed by atoms with Crippen molar-refractivity contribution < 1.29 is 14.4 Å². The second-order valence-corrected chi connectivity index (χ2v) is 9.34. The Morgan fingerprint density at radius 2 is 1.21 bits per heavy atom. The van der Waals surface area contributed by atoms with E-state index in [-0.39, 0.29) is 31.3 Å². The molecule has 0 aliphatic carbocycles. The van der Waals surface area contributed by atoms with Crippen LogP contribution in [0.2, 0.25) is 0 Å². The van der Waals surface area contributed by atoms with Crippen molar-refractivity contribution in [1.29, 1.82) is 0 Å². The molecule has 1 atom stereocenters. The summed E-state index contributed by atoms with van der Waals surface area (Å²) < 4.78 is 0. The molecule has 0 aromatic heterocycles. The van der Waals surface area contributed by atoms with E-state index in [0.717, 1.165) is 22.3 Å². The number of nitrogens with zero attached hydrogens (tertiary/aromatic N) is 2. The predicted octanol–water partition coefficient (Wildman–Crippen LogP) is 6.47. The number of imide groups is 2. The minimum Gasteiger partial charge on any atom is -0.274 e. The summed E-state index contributed by atoms with van der Waals surface area (Å²) in [6.45, 7) is 5.99. The van der Waals surface area contributed by atoms with E-state index in [1.54, 1.807) is 6.08 Å². The number of carbonyl (C=O) groups excluding carboxylic acids is 3. The van der Waals surface area contributed by atoms with Gasteiger partial charge in [0.2, 0.25) is 11.8 Å². The van der Waals surface area contributed by atoms with Crippen LogP contribution in [-0.2, 0) is 9.59 Å². The second kappa shape index (κ2) is 12.6. The maximum absolute atomic E-state index is 13.8. The third kappa shape index (κ3) is 6.24. The minimum atomic E-state index is -0.571. The number of carbonyl (C=O) groups is 3. The smallest absolute Gasteiger partial charge is 0.274 e. The first-order valence-electron chi connectivity index (χ1n) is 12.7. The summed E-state index contributed by atoms with van der Waals surface area (Å²) in [6, 6.07) is 28.9. The first kappa shape index (κ1) is 26.6. The van der Waals surface area contributed by atoms with Gasteiger partial charge in [-0.3, -0.25) is 19.4 Å². The SMILES string of the molecule is C=C/C=C\C=C(/C)C(CN1C(=O)CC(=O)N(CC(c2ccccc2)c2ccccc2)C1=O)c1ccccc1. The van der Waals surface area contributed by atoms with E-state index in [0.29, 0.717) is 0 Å². The van der Waals surface area contributed by atoms with Gasteiger partial charge >= 0.3 is 6.03 Å². The van der Waals surface area contributed by atoms with Gasteiger partial charge in [0.25, 0.3) is 0 Å². The Bertz CT molecular complexity index is 1290. The molecule has 38 heavy (non-hydrogen) atoms. The van der Waals surface area contributed by atoms with E-state index in [4.69, 9.17) is 0 Å². The Hall–Kier alpha value is -4.51. The molecule has 0 saturated carbocycles. The summed E-state index contributed by atoms with van der Waals surface area (Å²) in [5.41, 5.74) is 3.98. The van der Waals surface area contributed by atoms with Crippen molar-refractivity contribution >= 4 is 17.8 Å². The standard InChI is InChI=1S/C33H32N2O3/c1-3-4-8-15-25(2)29(26-16-9-5-10-17-26)23-34-31(36)22-32(37)35(33(34)38)24-30(27-18-11-6-12-19-27)28-20-13-7-14-21-28/h3-21,29-30H,1,22-24H2,2H3/b8-4-,25-15+. The maximum atomic E-state index is 13.8. The number of hydrogen-bond acceptors (Lipinski definition) is 3. The molecule has 4 rings (SSSR count). The van der Waals surface area contributed by atoms with Crippen molar-refractivity contribution in [3.05, 3.63) is 144 Å². The van der Waals surface area contributed by atoms with Gasteiger partial charge in [-0.05, 0) is 23.6 Å². The van der Waals surface area contributed by atoms with Crippen molar-refractivity contribution in [3.8, 4) is 0 Å². The molecule has 0 spiro atoms. The van der Waals surface area contributed by atoms with Crippen LogP contribution in [0.5, 0.6) is 0 Å². The molecular formula is C33H32N2O3. The lowest BCUT2D eigenvalue weighted by atomic mass is 9.90. The van der Waals surface area contributed by atoms with E-state index in [2.05, 4.69) is 6.58 Å². The van der Waals surface area contributed by atoms with E-state index >= 15 is 0 Å². The van der Waals surface area contributed by atoms with Crippen LogP contribution in [0, 0.1) is 0 Å². The number of rotatable bonds is 10. The van der Waals surface area contributed by atoms with Gasteiger partial charge < -0.3 is 0 Å². The lowest BCUT2D eigenvalue weighted by Crippen LogP contribution is -2.56. The highest BCUT2D eigenvalue weighted by Gasteiger charge is 2.40. The monoisotopic (exact) mass is 504 g/mol. The average molecular weight is 505 g/mol. The summed E-state index contributed by atoms with van der Waals surface area (Å²) in [6.07, 6.45) is 7.04. The third-order valence-corrected chi connectivity index (χ3v) is 6.86. The van der Waals surface area contributed by atoms with Crippen LogP contribution in [0.1, 0.15) is 41.9 Å². The zero-order valence-electron chi connectivity index (χ0n) is 21.6. The second-order valence-electron chi connectivity index (χ2n) is 9.34. The molecule has 3 aromatic carbocycles. The average Bonchev–Trinajstić information content (AvgIpc) is 2.94. The van der Waals surface area contributed by atoms with Gasteiger partial charge in [0.05, 0.1) is 0 Å². The third-order valence-electron chi connectivity index (χ3n) is 6.86. The number of benzene rings is 3. The molecule has 0 radical (unpaired) electrons. The number of urea groups is 1. The molecule has 1 unspecified atom stereocenters. The topological polar surface area (TPSA) is 57.7 Å². The summed E-state index contributed by atoms with van der Waals surface area (Å²) in [4.78, 5) is 42.3. The van der Waals surface area contributed by atoms with E-state index < -0.39 is 17.8 Å². The molecule has 5 nitrogen and oxygen atoms in total. The highest BCUT2D eigenvalue weighted by atomic mass is 16.2. The molecule has 3 aromatic rings. The van der Waals surface area contributed by atoms with E-state index in [1.165, 1.54) is 9.80 Å². The lowest BCUT2D eigenvalue weighted by molar-refractivity contribution is -0.142. The largest absolute Gasteiger partial charge is 0.333 e. The van der Waals surface area contributed by atoms with Crippen molar-refractivity contribution in [2.24, 2.45) is 0 Å². The highest BCUT2D eigenvalue weighted by molar-refractivity contribution is 6.14. The zero-order chi connectivity index (χ0) is 26.9. The molecule has 1 fully saturated rings. The van der Waals surface area contributed by atoms with Crippen LogP contribution in [0.3, 0.4) is 0 Å². The summed E-state index contributed by atoms with van der Waals surface area (Å²) in [5.74, 6) is -1.36. The Labute approximate surface area is 224 Å². The lowest BCUT2D eigenvalue weighted by Gasteiger charge is -2.36. The molecule has 5 heteroatoms. The van der Waals surface area contributed by atoms with Crippen LogP contribution >= 0.6 is 0 Å². The Kier molecular flexibility index (Phi) is 8.83. The fraction of sp³-hybridized carbons (Fsp3) is 0.182. The maximum Gasteiger partial charge on any atom is 0.333 e. The Balaban J connectivity index is 1.64. The van der Waals surface area contributed by atoms with Crippen molar-refractivity contribution in [1.82, 2.24) is 9.80 Å².